The minimum absolute atomic E-state index is 0.363. The van der Waals surface area contributed by atoms with E-state index in [1.165, 1.54) is 0 Å². The van der Waals surface area contributed by atoms with Gasteiger partial charge in [0.15, 0.2) is 6.17 Å². The predicted octanol–water partition coefficient (Wildman–Crippen LogP) is 4.76. The molecule has 0 aliphatic carbocycles. The summed E-state index contributed by atoms with van der Waals surface area (Å²) in [5, 5.41) is 0. The number of alkyl halides is 13. The van der Waals surface area contributed by atoms with Gasteiger partial charge < -0.3 is 4.74 Å². The van der Waals surface area contributed by atoms with Crippen LogP contribution in [0.5, 0.6) is 0 Å². The summed E-state index contributed by atoms with van der Waals surface area (Å²) in [5.74, 6) is -36.8. The van der Waals surface area contributed by atoms with E-state index in [0.29, 0.717) is 0 Å². The van der Waals surface area contributed by atoms with Gasteiger partial charge in [0.05, 0.1) is 0 Å². The molecule has 0 bridgehead atoms. The van der Waals surface area contributed by atoms with Gasteiger partial charge in [-0.2, -0.15) is 52.7 Å². The highest BCUT2D eigenvalue weighted by Crippen LogP contribution is 2.60. The van der Waals surface area contributed by atoms with Crippen molar-refractivity contribution in [3.8, 4) is 0 Å². The first-order valence-corrected chi connectivity index (χ1v) is 5.21. The topological polar surface area (TPSA) is 9.23 Å². The fourth-order valence-electron chi connectivity index (χ4n) is 1.16. The fraction of sp³-hybridized carbons (Fsp3) is 1.00. The Hall–Kier alpha value is -0.950. The average Bonchev–Trinajstić information content (AvgIpc) is 2.37. The Bertz CT molecular complexity index is 427. The Balaban J connectivity index is 6.29. The smallest absolute Gasteiger partial charge is 0.319 e. The maximum absolute atomic E-state index is 13.0. The van der Waals surface area contributed by atoms with Crippen molar-refractivity contribution in [3.63, 3.8) is 0 Å². The highest BCUT2D eigenvalue weighted by Gasteiger charge is 2.91. The van der Waals surface area contributed by atoms with Crippen LogP contribution in [0.1, 0.15) is 6.92 Å². The monoisotopic (exact) mass is 378 g/mol. The van der Waals surface area contributed by atoms with Crippen LogP contribution in [-0.4, -0.2) is 49.0 Å². The van der Waals surface area contributed by atoms with Crippen molar-refractivity contribution in [2.45, 2.75) is 48.8 Å². The molecule has 0 saturated carbocycles. The third-order valence-corrected chi connectivity index (χ3v) is 2.72. The van der Waals surface area contributed by atoms with Gasteiger partial charge in [0.25, 0.3) is 0 Å². The molecule has 0 rings (SSSR count). The van der Waals surface area contributed by atoms with Crippen molar-refractivity contribution in [1.82, 2.24) is 0 Å². The van der Waals surface area contributed by atoms with Crippen LogP contribution in [0, 0.1) is 0 Å². The van der Waals surface area contributed by atoms with E-state index in [9.17, 15) is 57.1 Å². The number of halogens is 13. The molecule has 0 heterocycles. The molecule has 0 aromatic carbocycles. The second kappa shape index (κ2) is 5.55. The highest BCUT2D eigenvalue weighted by molar-refractivity contribution is 5.11. The van der Waals surface area contributed by atoms with Gasteiger partial charge in [0.2, 0.25) is 0 Å². The zero-order chi connectivity index (χ0) is 19.3. The third kappa shape index (κ3) is 2.71. The molecular formula is C9H7F13O. The van der Waals surface area contributed by atoms with E-state index in [4.69, 9.17) is 0 Å². The molecule has 1 atom stereocenters. The SMILES string of the molecule is COC(F)(F)C(F)(F)C(F)(F)C(F)(F)C(F)(F)C(F)(F)C(C)F. The summed E-state index contributed by atoms with van der Waals surface area (Å²) in [7, 11) is -0.363. The fourth-order valence-corrected chi connectivity index (χ4v) is 1.16. The number of methoxy groups -OCH3 is 1. The van der Waals surface area contributed by atoms with Crippen LogP contribution >= 0.6 is 0 Å². The van der Waals surface area contributed by atoms with Gasteiger partial charge in [-0.1, -0.05) is 0 Å². The van der Waals surface area contributed by atoms with Gasteiger partial charge in [0, 0.05) is 7.11 Å². The minimum atomic E-state index is -7.77. The second-order valence-corrected chi connectivity index (χ2v) is 4.26. The van der Waals surface area contributed by atoms with E-state index in [0.717, 1.165) is 0 Å². The van der Waals surface area contributed by atoms with Crippen molar-refractivity contribution < 1.29 is 61.8 Å². The van der Waals surface area contributed by atoms with Gasteiger partial charge in [-0.3, -0.25) is 0 Å². The number of hydrogen-bond acceptors (Lipinski definition) is 1. The summed E-state index contributed by atoms with van der Waals surface area (Å²) in [6, 6.07) is 0. The maximum Gasteiger partial charge on any atom is 0.425 e. The summed E-state index contributed by atoms with van der Waals surface area (Å²) in [5.41, 5.74) is 0. The lowest BCUT2D eigenvalue weighted by molar-refractivity contribution is -0.456. The van der Waals surface area contributed by atoms with Crippen LogP contribution in [-0.2, 0) is 4.74 Å². The Labute approximate surface area is 119 Å². The largest absolute Gasteiger partial charge is 0.425 e. The van der Waals surface area contributed by atoms with Crippen molar-refractivity contribution in [3.05, 3.63) is 0 Å². The summed E-state index contributed by atoms with van der Waals surface area (Å²) < 4.78 is 169. The van der Waals surface area contributed by atoms with E-state index in [1.807, 2.05) is 0 Å². The van der Waals surface area contributed by atoms with Gasteiger partial charge in [0.1, 0.15) is 0 Å². The molecule has 0 aromatic heterocycles. The second-order valence-electron chi connectivity index (χ2n) is 4.26. The molecule has 0 aromatic rings. The van der Waals surface area contributed by atoms with Crippen LogP contribution in [0.4, 0.5) is 57.1 Å². The maximum atomic E-state index is 13.0. The van der Waals surface area contributed by atoms with E-state index in [1.54, 1.807) is 0 Å². The molecule has 0 N–H and O–H groups in total. The lowest BCUT2D eigenvalue weighted by atomic mass is 9.92. The summed E-state index contributed by atoms with van der Waals surface area (Å²) in [6.07, 6.45) is -10.6. The first kappa shape index (κ1) is 22.1. The molecule has 0 radical (unpaired) electrons. The van der Waals surface area contributed by atoms with E-state index in [2.05, 4.69) is 4.74 Å². The van der Waals surface area contributed by atoms with E-state index >= 15 is 0 Å². The molecule has 1 nitrogen and oxygen atoms in total. The van der Waals surface area contributed by atoms with E-state index in [-0.39, 0.29) is 7.11 Å². The lowest BCUT2D eigenvalue weighted by Gasteiger charge is -2.40. The van der Waals surface area contributed by atoms with Crippen molar-refractivity contribution in [2.24, 2.45) is 0 Å². The zero-order valence-corrected chi connectivity index (χ0v) is 10.9. The van der Waals surface area contributed by atoms with Crippen LogP contribution < -0.4 is 0 Å². The number of hydrogen-bond donors (Lipinski definition) is 0. The molecule has 0 amide bonds. The minimum Gasteiger partial charge on any atom is -0.319 e. The van der Waals surface area contributed by atoms with Crippen LogP contribution in [0.15, 0.2) is 0 Å². The Morgan fingerprint density at radius 1 is 0.609 bits per heavy atom. The summed E-state index contributed by atoms with van der Waals surface area (Å²) >= 11 is 0. The molecule has 0 saturated heterocycles. The predicted molar refractivity (Wildman–Crippen MR) is 47.3 cm³/mol. The van der Waals surface area contributed by atoms with Gasteiger partial charge in [-0.05, 0) is 6.92 Å². The number of rotatable bonds is 7. The zero-order valence-electron chi connectivity index (χ0n) is 10.9. The Morgan fingerprint density at radius 2 is 0.913 bits per heavy atom. The molecule has 140 valence electrons. The third-order valence-electron chi connectivity index (χ3n) is 2.72. The summed E-state index contributed by atoms with van der Waals surface area (Å²) in [6.45, 7) is -0.454. The summed E-state index contributed by atoms with van der Waals surface area (Å²) in [4.78, 5) is 0. The first-order chi connectivity index (χ1) is 9.75. The van der Waals surface area contributed by atoms with Gasteiger partial charge >= 0.3 is 35.7 Å². The average molecular weight is 378 g/mol. The highest BCUT2D eigenvalue weighted by atomic mass is 19.4. The van der Waals surface area contributed by atoms with E-state index < -0.39 is 48.8 Å². The molecule has 0 aliphatic heterocycles. The standard InChI is InChI=1S/C9H7F13O/c1-3(10)4(11,12)5(13,14)6(15,16)7(17,18)8(19,20)9(21,22)23-2/h3H,1-2H3. The molecule has 0 spiro atoms. The molecular weight excluding hydrogens is 371 g/mol. The Morgan fingerprint density at radius 3 is 1.17 bits per heavy atom. The molecule has 23 heavy (non-hydrogen) atoms. The van der Waals surface area contributed by atoms with Crippen LogP contribution in [0.25, 0.3) is 0 Å². The van der Waals surface area contributed by atoms with Gasteiger partial charge in [-0.15, -0.1) is 0 Å². The molecule has 0 aliphatic rings. The molecule has 14 heteroatoms. The first-order valence-electron chi connectivity index (χ1n) is 5.21. The number of ether oxygens (including phenoxy) is 1. The lowest BCUT2D eigenvalue weighted by Crippen LogP contribution is -2.71. The normalized spacial score (nSPS) is 17.3. The van der Waals surface area contributed by atoms with Crippen molar-refractivity contribution >= 4 is 0 Å². The van der Waals surface area contributed by atoms with Crippen LogP contribution in [0.2, 0.25) is 0 Å². The van der Waals surface area contributed by atoms with Crippen molar-refractivity contribution in [2.75, 3.05) is 7.11 Å². The Kier molecular flexibility index (Phi) is 5.32. The quantitative estimate of drug-likeness (QED) is 0.581. The van der Waals surface area contributed by atoms with Crippen molar-refractivity contribution in [1.29, 1.82) is 0 Å². The van der Waals surface area contributed by atoms with Gasteiger partial charge in [-0.25, -0.2) is 4.39 Å². The van der Waals surface area contributed by atoms with Crippen LogP contribution in [0.3, 0.4) is 0 Å². The molecule has 0 fully saturated rings. The molecule has 1 unspecified atom stereocenters.